The Bertz CT molecular complexity index is 1200. The number of hydrogen-bond acceptors (Lipinski definition) is 6. The third-order valence-electron chi connectivity index (χ3n) is 5.02. The SMILES string of the molecule is NS(=O)(=O)c1ccc(NC(=O)N2CCCC(c3nc(-c4cccc(F)c4)no3)C2)cc1. The zero-order valence-electron chi connectivity index (χ0n) is 16.4. The largest absolute Gasteiger partial charge is 0.339 e. The number of benzene rings is 2. The summed E-state index contributed by atoms with van der Waals surface area (Å²) in [5.74, 6) is 0.167. The normalized spacial score (nSPS) is 16.8. The molecule has 2 heterocycles. The molecule has 1 fully saturated rings. The Kier molecular flexibility index (Phi) is 5.70. The maximum atomic E-state index is 13.4. The molecular formula is C20H20FN5O4S. The molecule has 9 nitrogen and oxygen atoms in total. The predicted octanol–water partition coefficient (Wildman–Crippen LogP) is 2.93. The molecule has 4 rings (SSSR count). The second-order valence-corrected chi connectivity index (χ2v) is 8.81. The van der Waals surface area contributed by atoms with Gasteiger partial charge in [-0.2, -0.15) is 4.98 Å². The van der Waals surface area contributed by atoms with Gasteiger partial charge in [0.1, 0.15) is 5.82 Å². The summed E-state index contributed by atoms with van der Waals surface area (Å²) in [5.41, 5.74) is 0.967. The van der Waals surface area contributed by atoms with Crippen LogP contribution in [0, 0.1) is 5.82 Å². The minimum absolute atomic E-state index is 0.0333. The van der Waals surface area contributed by atoms with E-state index in [0.29, 0.717) is 36.1 Å². The number of piperidine rings is 1. The number of primary sulfonamides is 1. The first-order chi connectivity index (χ1) is 14.8. The molecule has 0 saturated carbocycles. The minimum Gasteiger partial charge on any atom is -0.339 e. The van der Waals surface area contributed by atoms with Gasteiger partial charge in [0, 0.05) is 24.3 Å². The summed E-state index contributed by atoms with van der Waals surface area (Å²) in [6.07, 6.45) is 1.53. The highest BCUT2D eigenvalue weighted by molar-refractivity contribution is 7.89. The van der Waals surface area contributed by atoms with Crippen molar-refractivity contribution in [1.82, 2.24) is 15.0 Å². The molecule has 1 atom stereocenters. The van der Waals surface area contributed by atoms with Gasteiger partial charge >= 0.3 is 6.03 Å². The molecular weight excluding hydrogens is 425 g/mol. The number of nitrogens with zero attached hydrogens (tertiary/aromatic N) is 3. The van der Waals surface area contributed by atoms with E-state index in [2.05, 4.69) is 15.5 Å². The number of amides is 2. The van der Waals surface area contributed by atoms with Gasteiger partial charge in [-0.25, -0.2) is 22.7 Å². The monoisotopic (exact) mass is 445 g/mol. The second kappa shape index (κ2) is 8.44. The van der Waals surface area contributed by atoms with Crippen LogP contribution < -0.4 is 10.5 Å². The molecule has 1 saturated heterocycles. The van der Waals surface area contributed by atoms with Gasteiger partial charge in [0.15, 0.2) is 0 Å². The number of likely N-dealkylation sites (tertiary alicyclic amines) is 1. The van der Waals surface area contributed by atoms with Crippen molar-refractivity contribution in [1.29, 1.82) is 0 Å². The topological polar surface area (TPSA) is 131 Å². The van der Waals surface area contributed by atoms with E-state index < -0.39 is 10.0 Å². The lowest BCUT2D eigenvalue weighted by atomic mass is 9.98. The Morgan fingerprint density at radius 2 is 2.00 bits per heavy atom. The number of urea groups is 1. The Morgan fingerprint density at radius 1 is 1.23 bits per heavy atom. The van der Waals surface area contributed by atoms with Gasteiger partial charge in [0.2, 0.25) is 21.7 Å². The fourth-order valence-electron chi connectivity index (χ4n) is 3.44. The third kappa shape index (κ3) is 4.89. The predicted molar refractivity (Wildman–Crippen MR) is 110 cm³/mol. The number of nitrogens with two attached hydrogens (primary N) is 1. The fourth-order valence-corrected chi connectivity index (χ4v) is 3.95. The summed E-state index contributed by atoms with van der Waals surface area (Å²) in [4.78, 5) is 18.6. The first-order valence-electron chi connectivity index (χ1n) is 9.58. The van der Waals surface area contributed by atoms with Crippen LogP contribution >= 0.6 is 0 Å². The number of carbonyl (C=O) groups excluding carboxylic acids is 1. The van der Waals surface area contributed by atoms with Crippen LogP contribution in [0.4, 0.5) is 14.9 Å². The average Bonchev–Trinajstić information content (AvgIpc) is 3.24. The lowest BCUT2D eigenvalue weighted by Crippen LogP contribution is -2.41. The summed E-state index contributed by atoms with van der Waals surface area (Å²) in [7, 11) is -3.79. The zero-order chi connectivity index (χ0) is 22.0. The van der Waals surface area contributed by atoms with Crippen LogP contribution in [-0.4, -0.2) is 42.6 Å². The lowest BCUT2D eigenvalue weighted by Gasteiger charge is -2.31. The van der Waals surface area contributed by atoms with Crippen molar-refractivity contribution in [3.63, 3.8) is 0 Å². The number of rotatable bonds is 4. The van der Waals surface area contributed by atoms with Crippen LogP contribution in [0.2, 0.25) is 0 Å². The molecule has 0 aliphatic carbocycles. The van der Waals surface area contributed by atoms with E-state index in [-0.39, 0.29) is 22.7 Å². The van der Waals surface area contributed by atoms with E-state index in [0.717, 1.165) is 12.8 Å². The smallest absolute Gasteiger partial charge is 0.321 e. The quantitative estimate of drug-likeness (QED) is 0.635. The molecule has 1 aromatic heterocycles. The lowest BCUT2D eigenvalue weighted by molar-refractivity contribution is 0.184. The molecule has 2 aromatic carbocycles. The van der Waals surface area contributed by atoms with Crippen LogP contribution in [0.5, 0.6) is 0 Å². The first-order valence-corrected chi connectivity index (χ1v) is 11.1. The van der Waals surface area contributed by atoms with Crippen LogP contribution in [0.3, 0.4) is 0 Å². The summed E-state index contributed by atoms with van der Waals surface area (Å²) < 4.78 is 41.5. The van der Waals surface area contributed by atoms with Crippen LogP contribution in [-0.2, 0) is 10.0 Å². The van der Waals surface area contributed by atoms with Crippen molar-refractivity contribution in [2.24, 2.45) is 5.14 Å². The molecule has 1 unspecified atom stereocenters. The number of halogens is 1. The standard InChI is InChI=1S/C20H20FN5O4S/c21-15-5-1-3-13(11-15)18-24-19(30-25-18)14-4-2-10-26(12-14)20(27)23-16-6-8-17(9-7-16)31(22,28)29/h1,3,5-9,11,14H,2,4,10,12H2,(H,23,27)(H2,22,28,29). The Hall–Kier alpha value is -3.31. The summed E-state index contributed by atoms with van der Waals surface area (Å²) in [6.45, 7) is 0.939. The Labute approximate surface area is 178 Å². The molecule has 11 heteroatoms. The maximum absolute atomic E-state index is 13.4. The van der Waals surface area contributed by atoms with E-state index in [9.17, 15) is 17.6 Å². The van der Waals surface area contributed by atoms with E-state index in [1.165, 1.54) is 36.4 Å². The number of hydrogen-bond donors (Lipinski definition) is 2. The van der Waals surface area contributed by atoms with Gasteiger partial charge < -0.3 is 14.7 Å². The fraction of sp³-hybridized carbons (Fsp3) is 0.250. The van der Waals surface area contributed by atoms with Crippen molar-refractivity contribution in [3.8, 4) is 11.4 Å². The summed E-state index contributed by atoms with van der Waals surface area (Å²) >= 11 is 0. The van der Waals surface area contributed by atoms with Crippen molar-refractivity contribution in [3.05, 3.63) is 60.2 Å². The summed E-state index contributed by atoms with van der Waals surface area (Å²) in [5, 5.41) is 11.8. The third-order valence-corrected chi connectivity index (χ3v) is 5.95. The molecule has 3 aromatic rings. The van der Waals surface area contributed by atoms with Gasteiger partial charge in [0.05, 0.1) is 10.8 Å². The summed E-state index contributed by atoms with van der Waals surface area (Å²) in [6, 6.07) is 11.2. The molecule has 2 amide bonds. The average molecular weight is 445 g/mol. The van der Waals surface area contributed by atoms with Crippen molar-refractivity contribution in [2.45, 2.75) is 23.7 Å². The van der Waals surface area contributed by atoms with Gasteiger partial charge in [-0.15, -0.1) is 0 Å². The van der Waals surface area contributed by atoms with E-state index in [1.54, 1.807) is 17.0 Å². The van der Waals surface area contributed by atoms with E-state index in [4.69, 9.17) is 9.66 Å². The highest BCUT2D eigenvalue weighted by atomic mass is 32.2. The molecule has 162 valence electrons. The molecule has 0 bridgehead atoms. The number of nitrogens with one attached hydrogen (secondary N) is 1. The van der Waals surface area contributed by atoms with Crippen LogP contribution in [0.1, 0.15) is 24.7 Å². The van der Waals surface area contributed by atoms with Gasteiger partial charge in [0.25, 0.3) is 0 Å². The molecule has 1 aliphatic rings. The van der Waals surface area contributed by atoms with Crippen LogP contribution in [0.15, 0.2) is 57.9 Å². The number of anilines is 1. The first kappa shape index (κ1) is 20.9. The number of carbonyl (C=O) groups is 1. The number of sulfonamides is 1. The molecule has 3 N–H and O–H groups in total. The maximum Gasteiger partial charge on any atom is 0.321 e. The highest BCUT2D eigenvalue weighted by Crippen LogP contribution is 2.28. The van der Waals surface area contributed by atoms with E-state index in [1.807, 2.05) is 0 Å². The van der Waals surface area contributed by atoms with Crippen molar-refractivity contribution in [2.75, 3.05) is 18.4 Å². The van der Waals surface area contributed by atoms with Gasteiger partial charge in [-0.05, 0) is 49.2 Å². The molecule has 31 heavy (non-hydrogen) atoms. The van der Waals surface area contributed by atoms with Gasteiger partial charge in [-0.3, -0.25) is 0 Å². The molecule has 0 spiro atoms. The van der Waals surface area contributed by atoms with Crippen LogP contribution in [0.25, 0.3) is 11.4 Å². The van der Waals surface area contributed by atoms with Crippen molar-refractivity contribution < 1.29 is 22.1 Å². The van der Waals surface area contributed by atoms with Crippen molar-refractivity contribution >= 4 is 21.7 Å². The number of aromatic nitrogens is 2. The molecule has 0 radical (unpaired) electrons. The van der Waals surface area contributed by atoms with E-state index >= 15 is 0 Å². The zero-order valence-corrected chi connectivity index (χ0v) is 17.2. The Balaban J connectivity index is 1.42. The Morgan fingerprint density at radius 3 is 2.71 bits per heavy atom. The highest BCUT2D eigenvalue weighted by Gasteiger charge is 2.29. The van der Waals surface area contributed by atoms with Gasteiger partial charge in [-0.1, -0.05) is 17.3 Å². The minimum atomic E-state index is -3.79. The molecule has 1 aliphatic heterocycles. The second-order valence-electron chi connectivity index (χ2n) is 7.25.